The molecule has 0 radical (unpaired) electrons. The largest absolute Gasteiger partial charge is 0.365 e. The molecule has 0 aliphatic carbocycles. The van der Waals surface area contributed by atoms with E-state index in [9.17, 15) is 0 Å². The number of fused-ring (bicyclic) bond motifs is 1. The van der Waals surface area contributed by atoms with Crippen LogP contribution in [0.15, 0.2) is 36.8 Å². The van der Waals surface area contributed by atoms with Gasteiger partial charge in [0.25, 0.3) is 0 Å². The van der Waals surface area contributed by atoms with Gasteiger partial charge in [0, 0.05) is 11.6 Å². The van der Waals surface area contributed by atoms with E-state index in [2.05, 4.69) is 25.7 Å². The number of piperidine rings is 1. The van der Waals surface area contributed by atoms with Crippen LogP contribution in [0.2, 0.25) is 5.02 Å². The summed E-state index contributed by atoms with van der Waals surface area (Å²) in [6.45, 7) is 2.71. The fourth-order valence-electron chi connectivity index (χ4n) is 3.15. The number of nitrogens with zero attached hydrogens (tertiary/aromatic N) is 4. The monoisotopic (exact) mass is 342 g/mol. The molecule has 4 rings (SSSR count). The highest BCUT2D eigenvalue weighted by Crippen LogP contribution is 2.25. The molecule has 0 spiro atoms. The number of hydrogen-bond donors (Lipinski definition) is 2. The first kappa shape index (κ1) is 15.4. The Bertz CT molecular complexity index is 840. The number of anilines is 1. The maximum atomic E-state index is 6.04. The van der Waals surface area contributed by atoms with Gasteiger partial charge in [-0.25, -0.2) is 14.6 Å². The predicted molar refractivity (Wildman–Crippen MR) is 95.2 cm³/mol. The van der Waals surface area contributed by atoms with Crippen LogP contribution in [-0.4, -0.2) is 32.8 Å². The molecule has 1 fully saturated rings. The van der Waals surface area contributed by atoms with Crippen LogP contribution < -0.4 is 10.6 Å². The minimum absolute atomic E-state index is 0.402. The summed E-state index contributed by atoms with van der Waals surface area (Å²) in [4.78, 5) is 8.84. The van der Waals surface area contributed by atoms with E-state index in [1.807, 2.05) is 35.1 Å². The van der Waals surface area contributed by atoms with Gasteiger partial charge in [0.15, 0.2) is 5.65 Å². The molecule has 0 bridgehead atoms. The smallest absolute Gasteiger partial charge is 0.163 e. The van der Waals surface area contributed by atoms with Crippen molar-refractivity contribution in [1.82, 2.24) is 25.1 Å². The lowest BCUT2D eigenvalue weighted by Crippen LogP contribution is -2.29. The van der Waals surface area contributed by atoms with Crippen LogP contribution in [0.25, 0.3) is 11.0 Å². The Morgan fingerprint density at radius 3 is 2.96 bits per heavy atom. The van der Waals surface area contributed by atoms with Gasteiger partial charge in [-0.3, -0.25) is 0 Å². The third-order valence-corrected chi connectivity index (χ3v) is 4.63. The molecule has 0 atom stereocenters. The Hall–Kier alpha value is -2.18. The summed E-state index contributed by atoms with van der Waals surface area (Å²) in [6, 6.07) is 8.21. The van der Waals surface area contributed by atoms with Gasteiger partial charge in [-0.1, -0.05) is 23.7 Å². The third kappa shape index (κ3) is 3.07. The van der Waals surface area contributed by atoms with E-state index in [4.69, 9.17) is 11.6 Å². The molecule has 7 heteroatoms. The van der Waals surface area contributed by atoms with Crippen LogP contribution in [-0.2, 0) is 6.54 Å². The Balaban J connectivity index is 1.58. The molecule has 1 aliphatic heterocycles. The summed E-state index contributed by atoms with van der Waals surface area (Å²) in [5.74, 6) is 0.806. The van der Waals surface area contributed by atoms with E-state index < -0.39 is 0 Å². The van der Waals surface area contributed by atoms with Crippen LogP contribution in [0.5, 0.6) is 0 Å². The molecule has 1 aromatic carbocycles. The average Bonchev–Trinajstić information content (AvgIpc) is 3.05. The van der Waals surface area contributed by atoms with Gasteiger partial charge >= 0.3 is 0 Å². The van der Waals surface area contributed by atoms with Crippen molar-refractivity contribution in [2.75, 3.05) is 18.4 Å². The van der Waals surface area contributed by atoms with Crippen LogP contribution in [0, 0.1) is 0 Å². The molecule has 1 aliphatic rings. The number of halogens is 1. The Labute approximate surface area is 145 Å². The second-order valence-corrected chi connectivity index (χ2v) is 6.45. The van der Waals surface area contributed by atoms with Gasteiger partial charge < -0.3 is 10.6 Å². The number of nitrogens with one attached hydrogen (secondary N) is 2. The molecule has 0 unspecified atom stereocenters. The highest BCUT2D eigenvalue weighted by Gasteiger charge is 2.19. The lowest BCUT2D eigenvalue weighted by Gasteiger charge is -2.23. The Morgan fingerprint density at radius 2 is 2.12 bits per heavy atom. The first-order valence-corrected chi connectivity index (χ1v) is 8.56. The molecule has 24 heavy (non-hydrogen) atoms. The quantitative estimate of drug-likeness (QED) is 0.763. The summed E-state index contributed by atoms with van der Waals surface area (Å²) in [5.41, 5.74) is 2.01. The number of benzene rings is 1. The Morgan fingerprint density at radius 1 is 1.25 bits per heavy atom. The van der Waals surface area contributed by atoms with E-state index >= 15 is 0 Å². The molecule has 0 saturated carbocycles. The third-order valence-electron chi connectivity index (χ3n) is 4.39. The van der Waals surface area contributed by atoms with E-state index in [-0.39, 0.29) is 0 Å². The molecule has 2 N–H and O–H groups in total. The SMILES string of the molecule is Clc1cccc(CNc2ncnc3c2cnn3C2CCNCC2)c1. The van der Waals surface area contributed by atoms with E-state index in [1.54, 1.807) is 6.33 Å². The first-order chi connectivity index (χ1) is 11.8. The zero-order chi connectivity index (χ0) is 16.4. The van der Waals surface area contributed by atoms with Crippen LogP contribution >= 0.6 is 11.6 Å². The number of aromatic nitrogens is 4. The van der Waals surface area contributed by atoms with Crippen molar-refractivity contribution in [2.24, 2.45) is 0 Å². The van der Waals surface area contributed by atoms with E-state index in [1.165, 1.54) is 0 Å². The fraction of sp³-hybridized carbons (Fsp3) is 0.353. The van der Waals surface area contributed by atoms with Crippen molar-refractivity contribution in [3.8, 4) is 0 Å². The molecule has 3 aromatic rings. The summed E-state index contributed by atoms with van der Waals surface area (Å²) in [6.07, 6.45) is 5.61. The summed E-state index contributed by atoms with van der Waals surface area (Å²) >= 11 is 6.04. The topological polar surface area (TPSA) is 67.7 Å². The second kappa shape index (κ2) is 6.75. The van der Waals surface area contributed by atoms with Crippen molar-refractivity contribution >= 4 is 28.5 Å². The predicted octanol–water partition coefficient (Wildman–Crippen LogP) is 3.02. The molecular formula is C17H19ClN6. The highest BCUT2D eigenvalue weighted by atomic mass is 35.5. The normalized spacial score (nSPS) is 15.7. The second-order valence-electron chi connectivity index (χ2n) is 6.01. The number of rotatable bonds is 4. The van der Waals surface area contributed by atoms with Gasteiger partial charge in [-0.05, 0) is 43.6 Å². The average molecular weight is 343 g/mol. The summed E-state index contributed by atoms with van der Waals surface area (Å²) in [5, 5.41) is 13.0. The number of hydrogen-bond acceptors (Lipinski definition) is 5. The van der Waals surface area contributed by atoms with Gasteiger partial charge in [0.2, 0.25) is 0 Å². The molecular weight excluding hydrogens is 324 g/mol. The van der Waals surface area contributed by atoms with Crippen LogP contribution in [0.1, 0.15) is 24.4 Å². The molecule has 0 amide bonds. The maximum absolute atomic E-state index is 6.04. The van der Waals surface area contributed by atoms with Crippen molar-refractivity contribution in [2.45, 2.75) is 25.4 Å². The Kier molecular flexibility index (Phi) is 4.32. The van der Waals surface area contributed by atoms with E-state index in [0.717, 1.165) is 53.4 Å². The maximum Gasteiger partial charge on any atom is 0.163 e. The highest BCUT2D eigenvalue weighted by molar-refractivity contribution is 6.30. The minimum atomic E-state index is 0.402. The van der Waals surface area contributed by atoms with Crippen molar-refractivity contribution in [3.63, 3.8) is 0 Å². The molecule has 124 valence electrons. The summed E-state index contributed by atoms with van der Waals surface area (Å²) in [7, 11) is 0. The van der Waals surface area contributed by atoms with Crippen molar-refractivity contribution < 1.29 is 0 Å². The molecule has 6 nitrogen and oxygen atoms in total. The summed E-state index contributed by atoms with van der Waals surface area (Å²) < 4.78 is 2.04. The lowest BCUT2D eigenvalue weighted by atomic mass is 10.1. The minimum Gasteiger partial charge on any atom is -0.365 e. The lowest BCUT2D eigenvalue weighted by molar-refractivity contribution is 0.349. The van der Waals surface area contributed by atoms with Crippen molar-refractivity contribution in [3.05, 3.63) is 47.4 Å². The molecule has 2 aromatic heterocycles. The van der Waals surface area contributed by atoms with Crippen LogP contribution in [0.4, 0.5) is 5.82 Å². The zero-order valence-electron chi connectivity index (χ0n) is 13.2. The van der Waals surface area contributed by atoms with Gasteiger partial charge in [0.05, 0.1) is 17.6 Å². The van der Waals surface area contributed by atoms with Gasteiger partial charge in [-0.2, -0.15) is 5.10 Å². The zero-order valence-corrected chi connectivity index (χ0v) is 14.0. The first-order valence-electron chi connectivity index (χ1n) is 8.18. The van der Waals surface area contributed by atoms with Gasteiger partial charge in [0.1, 0.15) is 12.1 Å². The molecule has 3 heterocycles. The van der Waals surface area contributed by atoms with E-state index in [0.29, 0.717) is 12.6 Å². The fourth-order valence-corrected chi connectivity index (χ4v) is 3.37. The van der Waals surface area contributed by atoms with Crippen molar-refractivity contribution in [1.29, 1.82) is 0 Å². The van der Waals surface area contributed by atoms with Gasteiger partial charge in [-0.15, -0.1) is 0 Å². The standard InChI is InChI=1S/C17H19ClN6/c18-13-3-1-2-12(8-13)9-20-16-15-10-23-24(17(15)22-11-21-16)14-4-6-19-7-5-14/h1-3,8,10-11,14,19H,4-7,9H2,(H,20,21,22). The van der Waals surface area contributed by atoms with Crippen LogP contribution in [0.3, 0.4) is 0 Å². The molecule has 1 saturated heterocycles.